The van der Waals surface area contributed by atoms with E-state index in [9.17, 15) is 0 Å². The zero-order valence-electron chi connectivity index (χ0n) is 9.05. The lowest BCUT2D eigenvalue weighted by molar-refractivity contribution is -0.0491. The molecule has 2 rings (SSSR count). The first kappa shape index (κ1) is 9.47. The van der Waals surface area contributed by atoms with Gasteiger partial charge in [-0.25, -0.2) is 0 Å². The molecule has 0 N–H and O–H groups in total. The Balaban J connectivity index is 1.97. The van der Waals surface area contributed by atoms with E-state index in [-0.39, 0.29) is 5.60 Å². The van der Waals surface area contributed by atoms with Crippen LogP contribution >= 0.6 is 0 Å². The van der Waals surface area contributed by atoms with Crippen LogP contribution in [-0.4, -0.2) is 36.7 Å². The average molecular weight is 183 g/mol. The summed E-state index contributed by atoms with van der Waals surface area (Å²) in [7, 11) is 2.20. The monoisotopic (exact) mass is 183 g/mol. The van der Waals surface area contributed by atoms with Gasteiger partial charge < -0.3 is 9.64 Å². The second-order valence-corrected chi connectivity index (χ2v) is 5.11. The number of hydrogen-bond acceptors (Lipinski definition) is 2. The molecule has 0 aromatic heterocycles. The Bertz CT molecular complexity index is 193. The molecule has 2 saturated heterocycles. The average Bonchev–Trinajstić information content (AvgIpc) is 2.61. The fourth-order valence-electron chi connectivity index (χ4n) is 2.66. The summed E-state index contributed by atoms with van der Waals surface area (Å²) < 4.78 is 6.20. The van der Waals surface area contributed by atoms with Crippen molar-refractivity contribution in [2.24, 2.45) is 5.92 Å². The van der Waals surface area contributed by atoms with Crippen LogP contribution in [0.3, 0.4) is 0 Å². The molecule has 0 saturated carbocycles. The quantitative estimate of drug-likeness (QED) is 0.615. The number of rotatable bonds is 1. The van der Waals surface area contributed by atoms with Crippen molar-refractivity contribution in [1.29, 1.82) is 0 Å². The van der Waals surface area contributed by atoms with E-state index in [0.717, 1.165) is 6.54 Å². The van der Waals surface area contributed by atoms with Crippen LogP contribution in [-0.2, 0) is 4.74 Å². The standard InChI is InChI=1S/C11H21NO/c1-9(2)10-4-5-11(13-10)6-7-12(3)8-11/h9-10H,4-8H2,1-3H3. The highest BCUT2D eigenvalue weighted by Crippen LogP contribution is 2.39. The first-order valence-electron chi connectivity index (χ1n) is 5.48. The van der Waals surface area contributed by atoms with Gasteiger partial charge in [0.15, 0.2) is 0 Å². The van der Waals surface area contributed by atoms with Gasteiger partial charge in [-0.1, -0.05) is 13.8 Å². The van der Waals surface area contributed by atoms with Crippen molar-refractivity contribution in [1.82, 2.24) is 4.90 Å². The van der Waals surface area contributed by atoms with E-state index in [1.165, 1.54) is 25.8 Å². The molecule has 13 heavy (non-hydrogen) atoms. The molecule has 2 heterocycles. The maximum atomic E-state index is 6.20. The van der Waals surface area contributed by atoms with E-state index >= 15 is 0 Å². The van der Waals surface area contributed by atoms with Gasteiger partial charge in [-0.2, -0.15) is 0 Å². The van der Waals surface area contributed by atoms with Crippen molar-refractivity contribution in [2.45, 2.75) is 44.8 Å². The van der Waals surface area contributed by atoms with Gasteiger partial charge in [0.05, 0.1) is 11.7 Å². The summed E-state index contributed by atoms with van der Waals surface area (Å²) in [5, 5.41) is 0. The van der Waals surface area contributed by atoms with Crippen LogP contribution in [0.4, 0.5) is 0 Å². The van der Waals surface area contributed by atoms with Crippen molar-refractivity contribution in [2.75, 3.05) is 20.1 Å². The molecule has 0 radical (unpaired) electrons. The Hall–Kier alpha value is -0.0800. The lowest BCUT2D eigenvalue weighted by Crippen LogP contribution is -2.33. The summed E-state index contributed by atoms with van der Waals surface area (Å²) in [6.45, 7) is 6.89. The summed E-state index contributed by atoms with van der Waals surface area (Å²) >= 11 is 0. The van der Waals surface area contributed by atoms with Crippen molar-refractivity contribution < 1.29 is 4.74 Å². The maximum absolute atomic E-state index is 6.20. The smallest absolute Gasteiger partial charge is 0.0825 e. The van der Waals surface area contributed by atoms with Crippen molar-refractivity contribution in [3.63, 3.8) is 0 Å². The van der Waals surface area contributed by atoms with E-state index in [1.807, 2.05) is 0 Å². The van der Waals surface area contributed by atoms with E-state index in [2.05, 4.69) is 25.8 Å². The highest BCUT2D eigenvalue weighted by atomic mass is 16.5. The number of likely N-dealkylation sites (N-methyl/N-ethyl adjacent to an activating group) is 1. The molecule has 0 aromatic carbocycles. The Labute approximate surface area is 81.3 Å². The largest absolute Gasteiger partial charge is 0.370 e. The van der Waals surface area contributed by atoms with Crippen LogP contribution in [0.25, 0.3) is 0 Å². The SMILES string of the molecule is CC(C)C1CCC2(CCN(C)C2)O1. The van der Waals surface area contributed by atoms with Crippen LogP contribution in [0.2, 0.25) is 0 Å². The van der Waals surface area contributed by atoms with Crippen molar-refractivity contribution >= 4 is 0 Å². The van der Waals surface area contributed by atoms with Gasteiger partial charge in [0.1, 0.15) is 0 Å². The third-order valence-electron chi connectivity index (χ3n) is 3.54. The van der Waals surface area contributed by atoms with E-state index in [4.69, 9.17) is 4.74 Å². The van der Waals surface area contributed by atoms with Gasteiger partial charge in [0.25, 0.3) is 0 Å². The predicted molar refractivity (Wildman–Crippen MR) is 53.8 cm³/mol. The molecule has 0 aromatic rings. The minimum atomic E-state index is 0.240. The van der Waals surface area contributed by atoms with Crippen molar-refractivity contribution in [3.05, 3.63) is 0 Å². The van der Waals surface area contributed by atoms with Crippen molar-refractivity contribution in [3.8, 4) is 0 Å². The number of ether oxygens (including phenoxy) is 1. The molecule has 2 heteroatoms. The molecule has 2 nitrogen and oxygen atoms in total. The van der Waals surface area contributed by atoms with Gasteiger partial charge in [0.2, 0.25) is 0 Å². The van der Waals surface area contributed by atoms with E-state index < -0.39 is 0 Å². The molecular formula is C11H21NO. The summed E-state index contributed by atoms with van der Waals surface area (Å²) in [6, 6.07) is 0. The van der Waals surface area contributed by atoms with Crippen LogP contribution in [0, 0.1) is 5.92 Å². The van der Waals surface area contributed by atoms with Gasteiger partial charge >= 0.3 is 0 Å². The summed E-state index contributed by atoms with van der Waals surface area (Å²) in [4.78, 5) is 2.39. The lowest BCUT2D eigenvalue weighted by Gasteiger charge is -2.25. The second-order valence-electron chi connectivity index (χ2n) is 5.11. The summed E-state index contributed by atoms with van der Waals surface area (Å²) in [6.07, 6.45) is 4.31. The van der Waals surface area contributed by atoms with Crippen LogP contribution < -0.4 is 0 Å². The van der Waals surface area contributed by atoms with E-state index in [0.29, 0.717) is 12.0 Å². The van der Waals surface area contributed by atoms with Gasteiger partial charge in [0, 0.05) is 13.1 Å². The van der Waals surface area contributed by atoms with Gasteiger partial charge in [-0.15, -0.1) is 0 Å². The molecule has 76 valence electrons. The fourth-order valence-corrected chi connectivity index (χ4v) is 2.66. The molecule has 2 aliphatic rings. The zero-order valence-corrected chi connectivity index (χ0v) is 9.05. The van der Waals surface area contributed by atoms with Crippen LogP contribution in [0.1, 0.15) is 33.1 Å². The lowest BCUT2D eigenvalue weighted by atomic mass is 9.97. The minimum Gasteiger partial charge on any atom is -0.370 e. The third kappa shape index (κ3) is 1.75. The highest BCUT2D eigenvalue weighted by Gasteiger charge is 2.44. The molecule has 1 spiro atoms. The number of nitrogens with zero attached hydrogens (tertiary/aromatic N) is 1. The Kier molecular flexibility index (Phi) is 2.37. The Morgan fingerprint density at radius 3 is 2.62 bits per heavy atom. The number of likely N-dealkylation sites (tertiary alicyclic amines) is 1. The van der Waals surface area contributed by atoms with Crippen LogP contribution in [0.5, 0.6) is 0 Å². The minimum absolute atomic E-state index is 0.240. The normalized spacial score (nSPS) is 41.1. The first-order valence-corrected chi connectivity index (χ1v) is 5.48. The topological polar surface area (TPSA) is 12.5 Å². The molecule has 2 unspecified atom stereocenters. The summed E-state index contributed by atoms with van der Waals surface area (Å²) in [5.74, 6) is 0.685. The highest BCUT2D eigenvalue weighted by molar-refractivity contribution is 4.96. The fraction of sp³-hybridized carbons (Fsp3) is 1.00. The molecule has 0 amide bonds. The van der Waals surface area contributed by atoms with Gasteiger partial charge in [-0.05, 0) is 32.2 Å². The molecule has 2 fully saturated rings. The predicted octanol–water partition coefficient (Wildman–Crippen LogP) is 1.90. The zero-order chi connectivity index (χ0) is 9.47. The van der Waals surface area contributed by atoms with Gasteiger partial charge in [-0.3, -0.25) is 0 Å². The number of hydrogen-bond donors (Lipinski definition) is 0. The molecular weight excluding hydrogens is 162 g/mol. The second kappa shape index (κ2) is 3.25. The molecule has 2 atom stereocenters. The van der Waals surface area contributed by atoms with Crippen LogP contribution in [0.15, 0.2) is 0 Å². The molecule has 0 aliphatic carbocycles. The Morgan fingerprint density at radius 2 is 2.15 bits per heavy atom. The molecule has 2 aliphatic heterocycles. The summed E-state index contributed by atoms with van der Waals surface area (Å²) in [5.41, 5.74) is 0.240. The third-order valence-corrected chi connectivity index (χ3v) is 3.54. The Morgan fingerprint density at radius 1 is 1.38 bits per heavy atom. The first-order chi connectivity index (χ1) is 6.11. The molecule has 0 bridgehead atoms. The maximum Gasteiger partial charge on any atom is 0.0825 e. The van der Waals surface area contributed by atoms with E-state index in [1.54, 1.807) is 0 Å².